The summed E-state index contributed by atoms with van der Waals surface area (Å²) in [4.78, 5) is 2.49. The maximum atomic E-state index is 5.70. The Kier molecular flexibility index (Phi) is 5.80. The number of benzene rings is 1. The minimum atomic E-state index is 0.512. The van der Waals surface area contributed by atoms with Gasteiger partial charge in [0.25, 0.3) is 0 Å². The van der Waals surface area contributed by atoms with Gasteiger partial charge in [-0.25, -0.2) is 0 Å². The highest BCUT2D eigenvalue weighted by Crippen LogP contribution is 2.39. The van der Waals surface area contributed by atoms with Crippen molar-refractivity contribution in [3.05, 3.63) is 29.8 Å². The van der Waals surface area contributed by atoms with E-state index in [1.54, 1.807) is 0 Å². The third kappa shape index (κ3) is 4.36. The van der Waals surface area contributed by atoms with E-state index in [0.29, 0.717) is 5.25 Å². The lowest BCUT2D eigenvalue weighted by atomic mass is 10.1. The molecule has 1 N–H and O–H groups in total. The molecule has 116 valence electrons. The van der Waals surface area contributed by atoms with Crippen molar-refractivity contribution in [3.8, 4) is 5.75 Å². The van der Waals surface area contributed by atoms with E-state index in [0.717, 1.165) is 51.6 Å². The Morgan fingerprint density at radius 3 is 2.95 bits per heavy atom. The van der Waals surface area contributed by atoms with Crippen LogP contribution in [0.2, 0.25) is 0 Å². The van der Waals surface area contributed by atoms with Crippen LogP contribution in [0.1, 0.15) is 23.7 Å². The summed E-state index contributed by atoms with van der Waals surface area (Å²) in [5, 5.41) is 0.512. The lowest BCUT2D eigenvalue weighted by Crippen LogP contribution is -2.37. The van der Waals surface area contributed by atoms with Gasteiger partial charge >= 0.3 is 0 Å². The van der Waals surface area contributed by atoms with Gasteiger partial charge in [0.2, 0.25) is 0 Å². The number of morpholine rings is 1. The lowest BCUT2D eigenvalue weighted by molar-refractivity contribution is 0.0376. The van der Waals surface area contributed by atoms with Crippen molar-refractivity contribution in [3.63, 3.8) is 0 Å². The van der Waals surface area contributed by atoms with Crippen molar-refractivity contribution in [1.82, 2.24) is 9.62 Å². The molecule has 0 amide bonds. The molecule has 1 atom stereocenters. The van der Waals surface area contributed by atoms with Crippen molar-refractivity contribution in [1.29, 1.82) is 0 Å². The number of nitrogens with one attached hydrogen (secondary N) is 1. The first kappa shape index (κ1) is 15.2. The normalized spacial score (nSPS) is 22.6. The second-order valence-electron chi connectivity index (χ2n) is 5.48. The fourth-order valence-electron chi connectivity index (χ4n) is 2.79. The molecule has 1 aromatic rings. The highest BCUT2D eigenvalue weighted by molar-refractivity contribution is 7.97. The molecular formula is C16H24N2O2S. The molecule has 1 saturated heterocycles. The topological polar surface area (TPSA) is 33.7 Å². The van der Waals surface area contributed by atoms with Crippen LogP contribution in [0.25, 0.3) is 0 Å². The molecule has 4 nitrogen and oxygen atoms in total. The van der Waals surface area contributed by atoms with Gasteiger partial charge in [-0.15, -0.1) is 0 Å². The summed E-state index contributed by atoms with van der Waals surface area (Å²) in [6.07, 6.45) is 2.27. The molecule has 1 aromatic carbocycles. The number of rotatable bonds is 6. The minimum absolute atomic E-state index is 0.512. The highest BCUT2D eigenvalue weighted by Gasteiger charge is 2.21. The van der Waals surface area contributed by atoms with Crippen molar-refractivity contribution in [2.45, 2.75) is 18.1 Å². The smallest absolute Gasteiger partial charge is 0.123 e. The first-order chi connectivity index (χ1) is 10.4. The van der Waals surface area contributed by atoms with Crippen LogP contribution >= 0.6 is 11.9 Å². The van der Waals surface area contributed by atoms with Crippen LogP contribution in [0.4, 0.5) is 0 Å². The first-order valence-electron chi connectivity index (χ1n) is 7.84. The standard InChI is InChI=1S/C16H24N2O2S/c1-2-5-15-14(4-1)16(6-11-20-15)21-17-7-3-8-18-9-12-19-13-10-18/h1-2,4-5,16-17H,3,6-13H2. The predicted molar refractivity (Wildman–Crippen MR) is 86.8 cm³/mol. The Bertz CT molecular complexity index is 438. The molecule has 2 aliphatic rings. The third-order valence-corrected chi connectivity index (χ3v) is 5.13. The molecule has 2 heterocycles. The number of hydrogen-bond acceptors (Lipinski definition) is 5. The monoisotopic (exact) mass is 308 g/mol. The average Bonchev–Trinajstić information content (AvgIpc) is 2.56. The van der Waals surface area contributed by atoms with E-state index >= 15 is 0 Å². The largest absolute Gasteiger partial charge is 0.493 e. The summed E-state index contributed by atoms with van der Waals surface area (Å²) in [6.45, 7) is 7.00. The summed E-state index contributed by atoms with van der Waals surface area (Å²) in [5.41, 5.74) is 1.33. The molecule has 0 aliphatic carbocycles. The Labute approximate surface area is 131 Å². The summed E-state index contributed by atoms with van der Waals surface area (Å²) in [6, 6.07) is 8.39. The van der Waals surface area contributed by atoms with E-state index in [9.17, 15) is 0 Å². The second kappa shape index (κ2) is 8.03. The summed E-state index contributed by atoms with van der Waals surface area (Å²) < 4.78 is 14.6. The van der Waals surface area contributed by atoms with Crippen LogP contribution in [-0.4, -0.2) is 50.9 Å². The van der Waals surface area contributed by atoms with Crippen LogP contribution in [0.15, 0.2) is 24.3 Å². The van der Waals surface area contributed by atoms with Gasteiger partial charge in [0.1, 0.15) is 5.75 Å². The van der Waals surface area contributed by atoms with Gasteiger partial charge in [0.05, 0.1) is 25.1 Å². The molecule has 1 unspecified atom stereocenters. The van der Waals surface area contributed by atoms with Crippen LogP contribution in [0.5, 0.6) is 5.75 Å². The number of fused-ring (bicyclic) bond motifs is 1. The van der Waals surface area contributed by atoms with Gasteiger partial charge < -0.3 is 9.47 Å². The lowest BCUT2D eigenvalue weighted by Gasteiger charge is -2.27. The highest BCUT2D eigenvalue weighted by atomic mass is 32.2. The van der Waals surface area contributed by atoms with Crippen LogP contribution in [0, 0.1) is 0 Å². The second-order valence-corrected chi connectivity index (χ2v) is 6.58. The molecule has 21 heavy (non-hydrogen) atoms. The zero-order valence-corrected chi connectivity index (χ0v) is 13.2. The fourth-order valence-corrected chi connectivity index (χ4v) is 3.79. The van der Waals surface area contributed by atoms with E-state index in [-0.39, 0.29) is 0 Å². The Balaban J connectivity index is 1.36. The number of nitrogens with zero attached hydrogens (tertiary/aromatic N) is 1. The maximum Gasteiger partial charge on any atom is 0.123 e. The Morgan fingerprint density at radius 2 is 2.05 bits per heavy atom. The summed E-state index contributed by atoms with van der Waals surface area (Å²) >= 11 is 1.85. The molecule has 2 aliphatic heterocycles. The third-order valence-electron chi connectivity index (χ3n) is 3.99. The molecule has 0 saturated carbocycles. The SMILES string of the molecule is c1ccc2c(c1)OCCC2SNCCCN1CCOCC1. The quantitative estimate of drug-likeness (QED) is 0.645. The first-order valence-corrected chi connectivity index (χ1v) is 8.72. The van der Waals surface area contributed by atoms with E-state index in [1.807, 2.05) is 18.0 Å². The van der Waals surface area contributed by atoms with Gasteiger partial charge in [-0.1, -0.05) is 30.1 Å². The van der Waals surface area contributed by atoms with E-state index in [1.165, 1.54) is 18.5 Å². The van der Waals surface area contributed by atoms with Crippen molar-refractivity contribution in [2.75, 3.05) is 46.0 Å². The Morgan fingerprint density at radius 1 is 1.19 bits per heavy atom. The average molecular weight is 308 g/mol. The number of para-hydroxylation sites is 1. The molecule has 0 aromatic heterocycles. The van der Waals surface area contributed by atoms with Gasteiger partial charge in [-0.3, -0.25) is 9.62 Å². The van der Waals surface area contributed by atoms with E-state index < -0.39 is 0 Å². The zero-order valence-electron chi connectivity index (χ0n) is 12.4. The minimum Gasteiger partial charge on any atom is -0.493 e. The van der Waals surface area contributed by atoms with Crippen LogP contribution in [-0.2, 0) is 4.74 Å². The van der Waals surface area contributed by atoms with Crippen molar-refractivity contribution in [2.24, 2.45) is 0 Å². The molecular weight excluding hydrogens is 284 g/mol. The Hall–Kier alpha value is -0.750. The van der Waals surface area contributed by atoms with Gasteiger partial charge in [-0.2, -0.15) is 0 Å². The summed E-state index contributed by atoms with van der Waals surface area (Å²) in [7, 11) is 0. The summed E-state index contributed by atoms with van der Waals surface area (Å²) in [5.74, 6) is 1.05. The number of ether oxygens (including phenoxy) is 2. The fraction of sp³-hybridized carbons (Fsp3) is 0.625. The van der Waals surface area contributed by atoms with Crippen molar-refractivity contribution < 1.29 is 9.47 Å². The van der Waals surface area contributed by atoms with Gasteiger partial charge in [0, 0.05) is 25.2 Å². The molecule has 5 heteroatoms. The molecule has 3 rings (SSSR count). The van der Waals surface area contributed by atoms with Gasteiger partial charge in [0.15, 0.2) is 0 Å². The molecule has 0 spiro atoms. The van der Waals surface area contributed by atoms with Gasteiger partial charge in [-0.05, 0) is 25.5 Å². The molecule has 0 bridgehead atoms. The van der Waals surface area contributed by atoms with Crippen molar-refractivity contribution >= 4 is 11.9 Å². The predicted octanol–water partition coefficient (Wildman–Crippen LogP) is 2.47. The van der Waals surface area contributed by atoms with E-state index in [4.69, 9.17) is 9.47 Å². The molecule has 0 radical (unpaired) electrons. The van der Waals surface area contributed by atoms with Crippen LogP contribution < -0.4 is 9.46 Å². The maximum absolute atomic E-state index is 5.70. The number of hydrogen-bond donors (Lipinski definition) is 1. The van der Waals surface area contributed by atoms with E-state index in [2.05, 4.69) is 27.8 Å². The molecule has 1 fully saturated rings. The zero-order chi connectivity index (χ0) is 14.3. The van der Waals surface area contributed by atoms with Crippen LogP contribution in [0.3, 0.4) is 0 Å².